The molecule has 2 aromatic rings. The monoisotopic (exact) mass is 203 g/mol. The van der Waals surface area contributed by atoms with Crippen LogP contribution in [0.2, 0.25) is 0 Å². The summed E-state index contributed by atoms with van der Waals surface area (Å²) in [4.78, 5) is 4.28. The minimum atomic E-state index is -0.0776. The fourth-order valence-corrected chi connectivity index (χ4v) is 1.79. The average molecular weight is 203 g/mol. The van der Waals surface area contributed by atoms with Crippen molar-refractivity contribution in [2.75, 3.05) is 13.1 Å². The van der Waals surface area contributed by atoms with Crippen LogP contribution in [0.5, 0.6) is 5.88 Å². The zero-order valence-corrected chi connectivity index (χ0v) is 8.60. The predicted molar refractivity (Wildman–Crippen MR) is 57.1 cm³/mol. The number of hydrogen-bond acceptors (Lipinski definition) is 3. The summed E-state index contributed by atoms with van der Waals surface area (Å²) in [7, 11) is 0. The standard InChI is InChI=1S/C11H13N3O/c1-11(7-12-8-11)15-10-6-13-9-4-2-3-5-14(9)10/h2-6,12H,7-8H2,1H3. The number of rotatable bonds is 2. The molecule has 3 heterocycles. The van der Waals surface area contributed by atoms with Gasteiger partial charge < -0.3 is 10.1 Å². The van der Waals surface area contributed by atoms with Crippen LogP contribution in [0.4, 0.5) is 0 Å². The highest BCUT2D eigenvalue weighted by molar-refractivity contribution is 5.42. The van der Waals surface area contributed by atoms with Crippen molar-refractivity contribution in [3.05, 3.63) is 30.6 Å². The molecule has 0 bridgehead atoms. The third kappa shape index (κ3) is 1.37. The van der Waals surface area contributed by atoms with Gasteiger partial charge in [-0.2, -0.15) is 0 Å². The van der Waals surface area contributed by atoms with E-state index in [0.29, 0.717) is 0 Å². The van der Waals surface area contributed by atoms with Gasteiger partial charge in [0, 0.05) is 19.3 Å². The Morgan fingerprint density at radius 1 is 1.47 bits per heavy atom. The van der Waals surface area contributed by atoms with Crippen LogP contribution in [0.3, 0.4) is 0 Å². The van der Waals surface area contributed by atoms with Crippen molar-refractivity contribution in [3.63, 3.8) is 0 Å². The molecule has 3 rings (SSSR count). The van der Waals surface area contributed by atoms with E-state index < -0.39 is 0 Å². The number of nitrogens with one attached hydrogen (secondary N) is 1. The van der Waals surface area contributed by atoms with E-state index in [2.05, 4.69) is 17.2 Å². The Hall–Kier alpha value is -1.55. The van der Waals surface area contributed by atoms with E-state index in [1.165, 1.54) is 0 Å². The lowest BCUT2D eigenvalue weighted by Gasteiger charge is -2.38. The van der Waals surface area contributed by atoms with Crippen LogP contribution in [0.1, 0.15) is 6.92 Å². The van der Waals surface area contributed by atoms with Gasteiger partial charge in [-0.3, -0.25) is 4.40 Å². The van der Waals surface area contributed by atoms with Crippen LogP contribution in [0.15, 0.2) is 30.6 Å². The van der Waals surface area contributed by atoms with Crippen LogP contribution in [-0.4, -0.2) is 28.1 Å². The lowest BCUT2D eigenvalue weighted by molar-refractivity contribution is 0.0296. The summed E-state index contributed by atoms with van der Waals surface area (Å²) in [5.74, 6) is 0.814. The molecule has 78 valence electrons. The highest BCUT2D eigenvalue weighted by Gasteiger charge is 2.34. The van der Waals surface area contributed by atoms with Crippen LogP contribution >= 0.6 is 0 Å². The first-order valence-electron chi connectivity index (χ1n) is 5.09. The first kappa shape index (κ1) is 8.73. The number of nitrogens with zero attached hydrogens (tertiary/aromatic N) is 2. The predicted octanol–water partition coefficient (Wildman–Crippen LogP) is 1.07. The zero-order valence-electron chi connectivity index (χ0n) is 8.60. The molecule has 4 heteroatoms. The molecule has 1 aliphatic heterocycles. The van der Waals surface area contributed by atoms with E-state index in [1.54, 1.807) is 6.20 Å². The van der Waals surface area contributed by atoms with Crippen molar-refractivity contribution in [2.24, 2.45) is 0 Å². The van der Waals surface area contributed by atoms with Gasteiger partial charge in [0.2, 0.25) is 5.88 Å². The molecule has 4 nitrogen and oxygen atoms in total. The van der Waals surface area contributed by atoms with Crippen molar-refractivity contribution in [3.8, 4) is 5.88 Å². The lowest BCUT2D eigenvalue weighted by Crippen LogP contribution is -2.61. The maximum Gasteiger partial charge on any atom is 0.219 e. The topological polar surface area (TPSA) is 38.6 Å². The van der Waals surface area contributed by atoms with Crippen LogP contribution < -0.4 is 10.1 Å². The summed E-state index contributed by atoms with van der Waals surface area (Å²) in [5, 5.41) is 3.21. The molecule has 15 heavy (non-hydrogen) atoms. The Morgan fingerprint density at radius 2 is 2.33 bits per heavy atom. The fourth-order valence-electron chi connectivity index (χ4n) is 1.79. The molecule has 0 aliphatic carbocycles. The Bertz CT molecular complexity index is 487. The Kier molecular flexibility index (Phi) is 1.73. The Labute approximate surface area is 87.9 Å². The summed E-state index contributed by atoms with van der Waals surface area (Å²) >= 11 is 0. The van der Waals surface area contributed by atoms with E-state index in [1.807, 2.05) is 28.8 Å². The van der Waals surface area contributed by atoms with Crippen molar-refractivity contribution in [1.82, 2.24) is 14.7 Å². The van der Waals surface area contributed by atoms with E-state index >= 15 is 0 Å². The van der Waals surface area contributed by atoms with Gasteiger partial charge in [0.1, 0.15) is 11.2 Å². The fraction of sp³-hybridized carbons (Fsp3) is 0.364. The molecular formula is C11H13N3O. The van der Waals surface area contributed by atoms with Gasteiger partial charge in [0.25, 0.3) is 0 Å². The highest BCUT2D eigenvalue weighted by Crippen LogP contribution is 2.22. The molecule has 0 aromatic carbocycles. The molecule has 0 unspecified atom stereocenters. The van der Waals surface area contributed by atoms with Gasteiger partial charge in [0.15, 0.2) is 0 Å². The third-order valence-electron chi connectivity index (χ3n) is 2.73. The summed E-state index contributed by atoms with van der Waals surface area (Å²) in [6.45, 7) is 3.89. The maximum absolute atomic E-state index is 5.93. The largest absolute Gasteiger partial charge is 0.468 e. The van der Waals surface area contributed by atoms with Crippen LogP contribution in [-0.2, 0) is 0 Å². The first-order chi connectivity index (χ1) is 7.27. The molecule has 1 saturated heterocycles. The second-order valence-corrected chi connectivity index (χ2v) is 4.18. The van der Waals surface area contributed by atoms with Crippen molar-refractivity contribution < 1.29 is 4.74 Å². The minimum absolute atomic E-state index is 0.0776. The van der Waals surface area contributed by atoms with Crippen molar-refractivity contribution in [2.45, 2.75) is 12.5 Å². The molecule has 1 aliphatic rings. The Balaban J connectivity index is 1.97. The number of fused-ring (bicyclic) bond motifs is 1. The summed E-state index contributed by atoms with van der Waals surface area (Å²) in [6, 6.07) is 5.91. The summed E-state index contributed by atoms with van der Waals surface area (Å²) in [5.41, 5.74) is 0.842. The van der Waals surface area contributed by atoms with Crippen molar-refractivity contribution in [1.29, 1.82) is 0 Å². The van der Waals surface area contributed by atoms with Crippen LogP contribution in [0, 0.1) is 0 Å². The average Bonchev–Trinajstić information content (AvgIpc) is 2.60. The molecular weight excluding hydrogens is 190 g/mol. The molecule has 0 amide bonds. The normalized spacial score (nSPS) is 18.7. The quantitative estimate of drug-likeness (QED) is 0.793. The second-order valence-electron chi connectivity index (χ2n) is 4.18. The molecule has 0 atom stereocenters. The zero-order chi connectivity index (χ0) is 10.3. The number of hydrogen-bond donors (Lipinski definition) is 1. The second kappa shape index (κ2) is 2.97. The number of imidazole rings is 1. The van der Waals surface area contributed by atoms with Gasteiger partial charge >= 0.3 is 0 Å². The van der Waals surface area contributed by atoms with Gasteiger partial charge in [-0.05, 0) is 19.1 Å². The minimum Gasteiger partial charge on any atom is -0.468 e. The van der Waals surface area contributed by atoms with Gasteiger partial charge in [-0.1, -0.05) is 6.07 Å². The Morgan fingerprint density at radius 3 is 3.07 bits per heavy atom. The number of pyridine rings is 1. The van der Waals surface area contributed by atoms with E-state index in [-0.39, 0.29) is 5.60 Å². The maximum atomic E-state index is 5.93. The molecule has 2 aromatic heterocycles. The number of ether oxygens (including phenoxy) is 1. The molecule has 0 radical (unpaired) electrons. The number of aromatic nitrogens is 2. The van der Waals surface area contributed by atoms with Gasteiger partial charge in [-0.15, -0.1) is 0 Å². The lowest BCUT2D eigenvalue weighted by atomic mass is 10.0. The van der Waals surface area contributed by atoms with Crippen molar-refractivity contribution >= 4 is 5.65 Å². The summed E-state index contributed by atoms with van der Waals surface area (Å²) < 4.78 is 7.89. The smallest absolute Gasteiger partial charge is 0.219 e. The molecule has 0 saturated carbocycles. The van der Waals surface area contributed by atoms with E-state index in [4.69, 9.17) is 4.74 Å². The van der Waals surface area contributed by atoms with E-state index in [0.717, 1.165) is 24.6 Å². The highest BCUT2D eigenvalue weighted by atomic mass is 16.5. The summed E-state index contributed by atoms with van der Waals surface area (Å²) in [6.07, 6.45) is 3.74. The molecule has 0 spiro atoms. The molecule has 1 N–H and O–H groups in total. The molecule has 1 fully saturated rings. The SMILES string of the molecule is CC1(Oc2cnc3ccccn23)CNC1. The first-order valence-corrected chi connectivity index (χ1v) is 5.09. The van der Waals surface area contributed by atoms with Crippen LogP contribution in [0.25, 0.3) is 5.65 Å². The van der Waals surface area contributed by atoms with Gasteiger partial charge in [-0.25, -0.2) is 4.98 Å². The van der Waals surface area contributed by atoms with Gasteiger partial charge in [0.05, 0.1) is 6.20 Å². The van der Waals surface area contributed by atoms with E-state index in [9.17, 15) is 0 Å². The third-order valence-corrected chi connectivity index (χ3v) is 2.73.